The van der Waals surface area contributed by atoms with Crippen LogP contribution in [0.15, 0.2) is 30.6 Å². The summed E-state index contributed by atoms with van der Waals surface area (Å²) in [6, 6.07) is 3.56. The zero-order valence-electron chi connectivity index (χ0n) is 19.2. The van der Waals surface area contributed by atoms with Crippen LogP contribution in [0.25, 0.3) is 16.6 Å². The average Bonchev–Trinajstić information content (AvgIpc) is 3.58. The van der Waals surface area contributed by atoms with Crippen molar-refractivity contribution in [2.45, 2.75) is 52.8 Å². The fraction of sp³-hybridized carbons (Fsp3) is 0.400. The second kappa shape index (κ2) is 8.77. The first-order valence-corrected chi connectivity index (χ1v) is 11.2. The summed E-state index contributed by atoms with van der Waals surface area (Å²) < 4.78 is 42.6. The fourth-order valence-electron chi connectivity index (χ4n) is 4.53. The number of aliphatic carboxylic acids is 1. The molecule has 180 valence electrons. The number of rotatable bonds is 7. The maximum absolute atomic E-state index is 13.6. The fourth-order valence-corrected chi connectivity index (χ4v) is 4.53. The summed E-state index contributed by atoms with van der Waals surface area (Å²) in [5.74, 6) is -1.11. The molecule has 0 aliphatic heterocycles. The van der Waals surface area contributed by atoms with Crippen molar-refractivity contribution in [1.29, 1.82) is 0 Å². The minimum Gasteiger partial charge on any atom is -0.481 e. The van der Waals surface area contributed by atoms with Crippen molar-refractivity contribution in [3.63, 3.8) is 0 Å². The monoisotopic (exact) mass is 473 g/mol. The van der Waals surface area contributed by atoms with Crippen LogP contribution >= 0.6 is 0 Å². The lowest BCUT2D eigenvalue weighted by Gasteiger charge is -2.24. The van der Waals surface area contributed by atoms with Crippen molar-refractivity contribution in [3.05, 3.63) is 58.7 Å². The first-order chi connectivity index (χ1) is 16.0. The molecule has 0 atom stereocenters. The highest BCUT2D eigenvalue weighted by atomic mass is 19.4. The number of nitrogens with zero attached hydrogens (tertiary/aromatic N) is 3. The van der Waals surface area contributed by atoms with E-state index < -0.39 is 17.7 Å². The zero-order chi connectivity index (χ0) is 24.8. The summed E-state index contributed by atoms with van der Waals surface area (Å²) in [4.78, 5) is 30.2. The van der Waals surface area contributed by atoms with E-state index in [0.717, 1.165) is 25.0 Å². The van der Waals surface area contributed by atoms with Crippen LogP contribution in [-0.2, 0) is 28.7 Å². The third-order valence-corrected chi connectivity index (χ3v) is 6.40. The van der Waals surface area contributed by atoms with E-state index in [1.807, 2.05) is 6.92 Å². The van der Waals surface area contributed by atoms with Crippen LogP contribution < -0.4 is 0 Å². The molecule has 0 unspecified atom stereocenters. The Morgan fingerprint density at radius 2 is 1.94 bits per heavy atom. The number of halogens is 3. The minimum absolute atomic E-state index is 0.0371. The van der Waals surface area contributed by atoms with E-state index in [2.05, 4.69) is 4.98 Å². The SMILES string of the molecule is CCN(Cc1cc(C(F)(F)F)ccc1-c1c(C)c(CC(=O)O)n2ccnc(C)c12)C(=O)C1CC1. The van der Waals surface area contributed by atoms with Crippen molar-refractivity contribution in [2.75, 3.05) is 6.54 Å². The first-order valence-electron chi connectivity index (χ1n) is 11.2. The van der Waals surface area contributed by atoms with E-state index >= 15 is 0 Å². The van der Waals surface area contributed by atoms with Crippen molar-refractivity contribution >= 4 is 17.4 Å². The molecule has 0 radical (unpaired) electrons. The Morgan fingerprint density at radius 3 is 2.53 bits per heavy atom. The molecular formula is C25H26F3N3O3. The lowest BCUT2D eigenvalue weighted by atomic mass is 9.93. The van der Waals surface area contributed by atoms with Crippen LogP contribution in [0.4, 0.5) is 13.2 Å². The van der Waals surface area contributed by atoms with Gasteiger partial charge in [0.25, 0.3) is 0 Å². The third kappa shape index (κ3) is 4.38. The maximum Gasteiger partial charge on any atom is 0.416 e. The van der Waals surface area contributed by atoms with Gasteiger partial charge in [0.15, 0.2) is 0 Å². The predicted octanol–water partition coefficient (Wildman–Crippen LogP) is 5.02. The number of hydrogen-bond acceptors (Lipinski definition) is 3. The van der Waals surface area contributed by atoms with E-state index in [0.29, 0.717) is 45.7 Å². The van der Waals surface area contributed by atoms with E-state index in [9.17, 15) is 27.9 Å². The van der Waals surface area contributed by atoms with Gasteiger partial charge in [-0.1, -0.05) is 6.07 Å². The van der Waals surface area contributed by atoms with Gasteiger partial charge in [0.1, 0.15) is 0 Å². The van der Waals surface area contributed by atoms with Crippen molar-refractivity contribution in [3.8, 4) is 11.1 Å². The van der Waals surface area contributed by atoms with Gasteiger partial charge < -0.3 is 14.4 Å². The van der Waals surface area contributed by atoms with Gasteiger partial charge in [0.05, 0.1) is 23.2 Å². The molecule has 34 heavy (non-hydrogen) atoms. The highest BCUT2D eigenvalue weighted by Gasteiger charge is 2.35. The molecule has 4 rings (SSSR count). The number of carbonyl (C=O) groups is 2. The molecule has 9 heteroatoms. The summed E-state index contributed by atoms with van der Waals surface area (Å²) in [6.45, 7) is 5.78. The molecule has 0 saturated heterocycles. The van der Waals surface area contributed by atoms with Gasteiger partial charge in [0, 0.05) is 42.7 Å². The number of amides is 1. The van der Waals surface area contributed by atoms with Crippen molar-refractivity contribution in [2.24, 2.45) is 5.92 Å². The summed E-state index contributed by atoms with van der Waals surface area (Å²) in [5, 5.41) is 9.45. The molecule has 0 spiro atoms. The average molecular weight is 473 g/mol. The minimum atomic E-state index is -4.53. The molecular weight excluding hydrogens is 447 g/mol. The van der Waals surface area contributed by atoms with Crippen LogP contribution in [0.3, 0.4) is 0 Å². The Kier molecular flexibility index (Phi) is 6.14. The molecule has 6 nitrogen and oxygen atoms in total. The van der Waals surface area contributed by atoms with Gasteiger partial charge in [-0.2, -0.15) is 13.2 Å². The zero-order valence-corrected chi connectivity index (χ0v) is 19.2. The molecule has 1 aliphatic carbocycles. The van der Waals surface area contributed by atoms with E-state index in [-0.39, 0.29) is 24.8 Å². The molecule has 1 aliphatic rings. The van der Waals surface area contributed by atoms with E-state index in [1.54, 1.807) is 35.5 Å². The number of aryl methyl sites for hydroxylation is 1. The summed E-state index contributed by atoms with van der Waals surface area (Å²) in [7, 11) is 0. The number of carboxylic acid groups (broad SMARTS) is 1. The third-order valence-electron chi connectivity index (χ3n) is 6.40. The van der Waals surface area contributed by atoms with Crippen molar-refractivity contribution < 1.29 is 27.9 Å². The molecule has 0 bridgehead atoms. The Hall–Kier alpha value is -3.36. The molecule has 1 saturated carbocycles. The number of carbonyl (C=O) groups excluding carboxylic acids is 1. The molecule has 1 N–H and O–H groups in total. The Balaban J connectivity index is 1.94. The molecule has 1 amide bonds. The first kappa shape index (κ1) is 23.8. The van der Waals surface area contributed by atoms with Crippen LogP contribution in [0, 0.1) is 19.8 Å². The number of fused-ring (bicyclic) bond motifs is 1. The standard InChI is InChI=1S/C25H26F3N3O3/c1-4-30(24(34)16-5-6-16)13-17-11-18(25(26,27)28)7-8-19(17)22-14(2)20(12-21(32)33)31-10-9-29-15(3)23(22)31/h7-11,16H,4-6,12-13H2,1-3H3,(H,32,33). The Morgan fingerprint density at radius 1 is 1.24 bits per heavy atom. The summed E-state index contributed by atoms with van der Waals surface area (Å²) in [5.41, 5.74) is 3.23. The van der Waals surface area contributed by atoms with E-state index in [4.69, 9.17) is 0 Å². The second-order valence-electron chi connectivity index (χ2n) is 8.74. The molecule has 2 aromatic heterocycles. The summed E-state index contributed by atoms with van der Waals surface area (Å²) >= 11 is 0. The van der Waals surface area contributed by atoms with Gasteiger partial charge in [-0.3, -0.25) is 14.6 Å². The maximum atomic E-state index is 13.6. The largest absolute Gasteiger partial charge is 0.481 e. The van der Waals surface area contributed by atoms with Crippen LogP contribution in [0.5, 0.6) is 0 Å². The number of aromatic nitrogens is 2. The van der Waals surface area contributed by atoms with Crippen molar-refractivity contribution in [1.82, 2.24) is 14.3 Å². The number of carboxylic acids is 1. The number of alkyl halides is 3. The molecule has 2 heterocycles. The van der Waals surface area contributed by atoms with Gasteiger partial charge in [-0.25, -0.2) is 0 Å². The Labute approximate surface area is 195 Å². The van der Waals surface area contributed by atoms with Crippen LogP contribution in [0.1, 0.15) is 47.8 Å². The van der Waals surface area contributed by atoms with Gasteiger partial charge in [0.2, 0.25) is 5.91 Å². The smallest absolute Gasteiger partial charge is 0.416 e. The Bertz CT molecular complexity index is 1280. The van der Waals surface area contributed by atoms with Crippen LogP contribution in [-0.4, -0.2) is 37.8 Å². The molecule has 3 aromatic rings. The van der Waals surface area contributed by atoms with E-state index in [1.165, 1.54) is 6.07 Å². The van der Waals surface area contributed by atoms with Gasteiger partial charge in [-0.15, -0.1) is 0 Å². The predicted molar refractivity (Wildman–Crippen MR) is 120 cm³/mol. The van der Waals surface area contributed by atoms with Gasteiger partial charge in [-0.05, 0) is 62.4 Å². The highest BCUT2D eigenvalue weighted by molar-refractivity contribution is 5.90. The highest BCUT2D eigenvalue weighted by Crippen LogP contribution is 2.40. The van der Waals surface area contributed by atoms with Gasteiger partial charge >= 0.3 is 12.1 Å². The number of benzene rings is 1. The lowest BCUT2D eigenvalue weighted by molar-refractivity contribution is -0.138. The normalized spacial score (nSPS) is 13.9. The summed E-state index contributed by atoms with van der Waals surface area (Å²) in [6.07, 6.45) is 0.0602. The molecule has 1 aromatic carbocycles. The number of hydrogen-bond donors (Lipinski definition) is 1. The quantitative estimate of drug-likeness (QED) is 0.523. The molecule has 1 fully saturated rings. The lowest BCUT2D eigenvalue weighted by Crippen LogP contribution is -2.31. The topological polar surface area (TPSA) is 74.9 Å². The second-order valence-corrected chi connectivity index (χ2v) is 8.74. The van der Waals surface area contributed by atoms with Crippen LogP contribution in [0.2, 0.25) is 0 Å².